The van der Waals surface area contributed by atoms with Crippen molar-refractivity contribution in [3.63, 3.8) is 0 Å². The highest BCUT2D eigenvalue weighted by molar-refractivity contribution is 5.21. The van der Waals surface area contributed by atoms with E-state index in [4.69, 9.17) is 5.73 Å². The van der Waals surface area contributed by atoms with Crippen LogP contribution >= 0.6 is 0 Å². The van der Waals surface area contributed by atoms with Crippen LogP contribution in [0.5, 0.6) is 0 Å². The number of aliphatic hydroxyl groups excluding tert-OH is 1. The maximum absolute atomic E-state index is 13.3. The van der Waals surface area contributed by atoms with Gasteiger partial charge in [-0.3, -0.25) is 0 Å². The molecule has 0 radical (unpaired) electrons. The van der Waals surface area contributed by atoms with E-state index in [1.165, 1.54) is 18.6 Å². The molecule has 0 heterocycles. The fraction of sp³-hybridized carbons (Fsp3) is 0.625. The molecule has 1 fully saturated rings. The standard InChI is InChI=1S/C16H24FNO/c1-2-12-5-4-8-16(10-12,11-18)15(19)13-6-3-7-14(17)9-13/h3,6-7,9,12,15,19H,2,4-5,8,10-11,18H2,1H3. The molecule has 1 aromatic carbocycles. The molecule has 19 heavy (non-hydrogen) atoms. The molecule has 2 nitrogen and oxygen atoms in total. The van der Waals surface area contributed by atoms with Crippen LogP contribution in [-0.2, 0) is 0 Å². The zero-order valence-electron chi connectivity index (χ0n) is 11.6. The first kappa shape index (κ1) is 14.5. The number of nitrogens with two attached hydrogens (primary N) is 1. The highest BCUT2D eigenvalue weighted by Crippen LogP contribution is 2.48. The lowest BCUT2D eigenvalue weighted by Gasteiger charge is -2.43. The Labute approximate surface area is 114 Å². The average molecular weight is 265 g/mol. The van der Waals surface area contributed by atoms with Crippen molar-refractivity contribution in [2.24, 2.45) is 17.1 Å². The van der Waals surface area contributed by atoms with Gasteiger partial charge in [0.25, 0.3) is 0 Å². The number of hydrogen-bond acceptors (Lipinski definition) is 2. The number of aliphatic hydroxyl groups is 1. The quantitative estimate of drug-likeness (QED) is 0.876. The molecule has 0 amide bonds. The summed E-state index contributed by atoms with van der Waals surface area (Å²) in [6.07, 6.45) is 4.64. The Kier molecular flexibility index (Phi) is 4.58. The summed E-state index contributed by atoms with van der Waals surface area (Å²) in [5.41, 5.74) is 6.35. The third-order valence-electron chi connectivity index (χ3n) is 4.71. The van der Waals surface area contributed by atoms with E-state index in [0.717, 1.165) is 25.7 Å². The summed E-state index contributed by atoms with van der Waals surface area (Å²) in [6, 6.07) is 6.28. The van der Waals surface area contributed by atoms with Gasteiger partial charge in [0.05, 0.1) is 6.10 Å². The highest BCUT2D eigenvalue weighted by Gasteiger charge is 2.41. The third-order valence-corrected chi connectivity index (χ3v) is 4.71. The molecule has 0 bridgehead atoms. The molecule has 3 unspecified atom stereocenters. The zero-order chi connectivity index (χ0) is 13.9. The van der Waals surface area contributed by atoms with Gasteiger partial charge in [0.15, 0.2) is 0 Å². The van der Waals surface area contributed by atoms with E-state index in [-0.39, 0.29) is 11.2 Å². The van der Waals surface area contributed by atoms with Crippen LogP contribution in [0.25, 0.3) is 0 Å². The Morgan fingerprint density at radius 1 is 1.53 bits per heavy atom. The molecular formula is C16H24FNO. The lowest BCUT2D eigenvalue weighted by molar-refractivity contribution is -0.0163. The Hall–Kier alpha value is -0.930. The molecule has 0 saturated heterocycles. The minimum Gasteiger partial charge on any atom is -0.388 e. The molecule has 0 aromatic heterocycles. The van der Waals surface area contributed by atoms with E-state index >= 15 is 0 Å². The van der Waals surface area contributed by atoms with Crippen molar-refractivity contribution in [3.05, 3.63) is 35.6 Å². The molecule has 0 spiro atoms. The summed E-state index contributed by atoms with van der Waals surface area (Å²) in [4.78, 5) is 0. The first-order valence-corrected chi connectivity index (χ1v) is 7.25. The summed E-state index contributed by atoms with van der Waals surface area (Å²) in [7, 11) is 0. The van der Waals surface area contributed by atoms with Crippen molar-refractivity contribution in [2.75, 3.05) is 6.54 Å². The number of hydrogen-bond donors (Lipinski definition) is 2. The van der Waals surface area contributed by atoms with Crippen LogP contribution in [0.1, 0.15) is 50.7 Å². The number of rotatable bonds is 4. The second-order valence-corrected chi connectivity index (χ2v) is 5.89. The molecule has 1 aromatic rings. The molecule has 2 rings (SSSR count). The van der Waals surface area contributed by atoms with Gasteiger partial charge in [0.2, 0.25) is 0 Å². The van der Waals surface area contributed by atoms with Crippen LogP contribution in [-0.4, -0.2) is 11.7 Å². The Balaban J connectivity index is 2.25. The summed E-state index contributed by atoms with van der Waals surface area (Å²) >= 11 is 0. The van der Waals surface area contributed by atoms with Crippen LogP contribution in [0.15, 0.2) is 24.3 Å². The van der Waals surface area contributed by atoms with Crippen LogP contribution < -0.4 is 5.73 Å². The van der Waals surface area contributed by atoms with Gasteiger partial charge in [-0.05, 0) is 36.5 Å². The lowest BCUT2D eigenvalue weighted by atomic mass is 9.64. The Morgan fingerprint density at radius 3 is 2.95 bits per heavy atom. The van der Waals surface area contributed by atoms with Gasteiger partial charge in [-0.25, -0.2) is 4.39 Å². The van der Waals surface area contributed by atoms with E-state index < -0.39 is 6.10 Å². The zero-order valence-corrected chi connectivity index (χ0v) is 11.6. The largest absolute Gasteiger partial charge is 0.388 e. The van der Waals surface area contributed by atoms with Gasteiger partial charge in [-0.1, -0.05) is 38.3 Å². The van der Waals surface area contributed by atoms with Gasteiger partial charge < -0.3 is 10.8 Å². The van der Waals surface area contributed by atoms with Crippen molar-refractivity contribution in [1.82, 2.24) is 0 Å². The SMILES string of the molecule is CCC1CCCC(CN)(C(O)c2cccc(F)c2)C1. The normalized spacial score (nSPS) is 29.2. The summed E-state index contributed by atoms with van der Waals surface area (Å²) < 4.78 is 13.3. The summed E-state index contributed by atoms with van der Waals surface area (Å²) in [5.74, 6) is 0.326. The van der Waals surface area contributed by atoms with E-state index in [2.05, 4.69) is 6.92 Å². The van der Waals surface area contributed by atoms with Crippen LogP contribution in [0.4, 0.5) is 4.39 Å². The monoisotopic (exact) mass is 265 g/mol. The predicted molar refractivity (Wildman–Crippen MR) is 75.1 cm³/mol. The first-order chi connectivity index (χ1) is 9.11. The maximum Gasteiger partial charge on any atom is 0.123 e. The number of benzene rings is 1. The van der Waals surface area contributed by atoms with Crippen LogP contribution in [0, 0.1) is 17.2 Å². The molecule has 0 aliphatic heterocycles. The number of halogens is 1. The van der Waals surface area contributed by atoms with Crippen molar-refractivity contribution in [1.29, 1.82) is 0 Å². The van der Waals surface area contributed by atoms with E-state index in [9.17, 15) is 9.50 Å². The van der Waals surface area contributed by atoms with E-state index in [0.29, 0.717) is 18.0 Å². The summed E-state index contributed by atoms with van der Waals surface area (Å²) in [5, 5.41) is 10.7. The van der Waals surface area contributed by atoms with Crippen LogP contribution in [0.2, 0.25) is 0 Å². The third kappa shape index (κ3) is 2.98. The predicted octanol–water partition coefficient (Wildman–Crippen LogP) is 3.40. The fourth-order valence-electron chi connectivity index (χ4n) is 3.45. The van der Waals surface area contributed by atoms with Gasteiger partial charge in [0.1, 0.15) is 5.82 Å². The van der Waals surface area contributed by atoms with Crippen molar-refractivity contribution < 1.29 is 9.50 Å². The first-order valence-electron chi connectivity index (χ1n) is 7.25. The van der Waals surface area contributed by atoms with E-state index in [1.54, 1.807) is 12.1 Å². The molecule has 1 saturated carbocycles. The topological polar surface area (TPSA) is 46.2 Å². The highest BCUT2D eigenvalue weighted by atomic mass is 19.1. The maximum atomic E-state index is 13.3. The smallest absolute Gasteiger partial charge is 0.123 e. The van der Waals surface area contributed by atoms with Gasteiger partial charge in [0, 0.05) is 12.0 Å². The van der Waals surface area contributed by atoms with Crippen molar-refractivity contribution in [3.8, 4) is 0 Å². The Morgan fingerprint density at radius 2 is 2.32 bits per heavy atom. The van der Waals surface area contributed by atoms with Crippen LogP contribution in [0.3, 0.4) is 0 Å². The second-order valence-electron chi connectivity index (χ2n) is 5.89. The average Bonchev–Trinajstić information content (AvgIpc) is 2.46. The van der Waals surface area contributed by atoms with Gasteiger partial charge in [-0.15, -0.1) is 0 Å². The fourth-order valence-corrected chi connectivity index (χ4v) is 3.45. The molecule has 3 heteroatoms. The summed E-state index contributed by atoms with van der Waals surface area (Å²) in [6.45, 7) is 2.65. The van der Waals surface area contributed by atoms with Gasteiger partial charge in [-0.2, -0.15) is 0 Å². The van der Waals surface area contributed by atoms with Gasteiger partial charge >= 0.3 is 0 Å². The van der Waals surface area contributed by atoms with E-state index in [1.807, 2.05) is 0 Å². The molecule has 1 aliphatic rings. The molecule has 3 N–H and O–H groups in total. The lowest BCUT2D eigenvalue weighted by Crippen LogP contribution is -2.41. The minimum absolute atomic E-state index is 0.285. The molecule has 106 valence electrons. The van der Waals surface area contributed by atoms with Crippen molar-refractivity contribution >= 4 is 0 Å². The molecular weight excluding hydrogens is 241 g/mol. The Bertz CT molecular complexity index is 423. The molecule has 3 atom stereocenters. The minimum atomic E-state index is -0.664. The molecule has 1 aliphatic carbocycles. The van der Waals surface area contributed by atoms with Crippen molar-refractivity contribution in [2.45, 2.75) is 45.1 Å². The second kappa shape index (κ2) is 6.02.